The lowest BCUT2D eigenvalue weighted by Crippen LogP contribution is -2.70. The van der Waals surface area contributed by atoms with E-state index >= 15 is 8.78 Å². The SMILES string of the molecule is C[C@]12C=CC(=O)C=C1[C@@H](F)C[C@H]1C3C[C@H]4CN(Cc5ccoc5)O[C@@]4(C(=O)CCl)[C@@]3(C)C[C@H](O)[C@@]12F. The number of aliphatic hydroxyl groups is 1. The third-order valence-corrected chi connectivity index (χ3v) is 10.4. The van der Waals surface area contributed by atoms with E-state index in [9.17, 15) is 14.7 Å². The molecule has 36 heavy (non-hydrogen) atoms. The van der Waals surface area contributed by atoms with Crippen molar-refractivity contribution in [3.8, 4) is 0 Å². The van der Waals surface area contributed by atoms with Crippen LogP contribution in [0.1, 0.15) is 38.7 Å². The molecule has 194 valence electrons. The lowest BCUT2D eigenvalue weighted by Gasteiger charge is -2.63. The van der Waals surface area contributed by atoms with E-state index in [2.05, 4.69) is 0 Å². The summed E-state index contributed by atoms with van der Waals surface area (Å²) < 4.78 is 38.2. The number of halogens is 3. The maximum Gasteiger partial charge on any atom is 0.182 e. The zero-order valence-electron chi connectivity index (χ0n) is 20.3. The number of carbonyl (C=O) groups excluding carboxylic acids is 2. The molecule has 0 bridgehead atoms. The molecule has 4 fully saturated rings. The Labute approximate surface area is 213 Å². The summed E-state index contributed by atoms with van der Waals surface area (Å²) in [4.78, 5) is 32.0. The smallest absolute Gasteiger partial charge is 0.182 e. The van der Waals surface area contributed by atoms with Gasteiger partial charge in [0.25, 0.3) is 0 Å². The number of allylic oxidation sites excluding steroid dienone is 4. The van der Waals surface area contributed by atoms with E-state index in [1.807, 2.05) is 13.0 Å². The van der Waals surface area contributed by atoms with E-state index in [-0.39, 0.29) is 41.8 Å². The molecule has 1 unspecified atom stereocenters. The lowest BCUT2D eigenvalue weighted by atomic mass is 9.44. The first kappa shape index (κ1) is 24.5. The van der Waals surface area contributed by atoms with E-state index in [1.165, 1.54) is 18.2 Å². The summed E-state index contributed by atoms with van der Waals surface area (Å²) in [6, 6.07) is 1.82. The zero-order valence-corrected chi connectivity index (χ0v) is 21.0. The van der Waals surface area contributed by atoms with Gasteiger partial charge in [-0.2, -0.15) is 5.06 Å². The molecule has 1 aromatic rings. The Hall–Kier alpha value is -1.87. The highest BCUT2D eigenvalue weighted by atomic mass is 35.5. The van der Waals surface area contributed by atoms with Crippen molar-refractivity contribution in [3.05, 3.63) is 48.0 Å². The van der Waals surface area contributed by atoms with Crippen molar-refractivity contribution < 1.29 is 32.7 Å². The Kier molecular flexibility index (Phi) is 5.31. The van der Waals surface area contributed by atoms with Crippen molar-refractivity contribution in [2.75, 3.05) is 12.4 Å². The zero-order chi connectivity index (χ0) is 25.7. The minimum atomic E-state index is -2.19. The second kappa shape index (κ2) is 7.82. The standard InChI is InChI=1S/C27H30ClF2NO5/c1-24-5-3-17(32)8-20(24)21(29)9-19-18-7-16-13-31(12-15-4-6-35-14-15)36-27(16,23(34)11-28)25(18,2)10-22(33)26(19,24)30/h3-6,8,14,16,18-19,21-22,33H,7,9-13H2,1-2H3/t16-,18?,19-,21-,22-,24-,25-,26-,27-/m0/s1. The van der Waals surface area contributed by atoms with Crippen molar-refractivity contribution in [2.24, 2.45) is 28.6 Å². The molecule has 0 amide bonds. The van der Waals surface area contributed by atoms with E-state index in [0.29, 0.717) is 19.5 Å². The second-order valence-corrected chi connectivity index (χ2v) is 11.9. The molecule has 1 aliphatic heterocycles. The predicted octanol–water partition coefficient (Wildman–Crippen LogP) is 4.12. The van der Waals surface area contributed by atoms with E-state index < -0.39 is 46.2 Å². The number of hydrogen-bond donors (Lipinski definition) is 1. The molecule has 0 spiro atoms. The van der Waals surface area contributed by atoms with Gasteiger partial charge in [-0.25, -0.2) is 8.78 Å². The molecule has 1 N–H and O–H groups in total. The van der Waals surface area contributed by atoms with Crippen molar-refractivity contribution in [1.82, 2.24) is 5.06 Å². The first-order chi connectivity index (χ1) is 17.0. The molecule has 6 nitrogen and oxygen atoms in total. The number of ketones is 2. The third kappa shape index (κ3) is 2.82. The fourth-order valence-electron chi connectivity index (χ4n) is 8.60. The van der Waals surface area contributed by atoms with Crippen molar-refractivity contribution in [3.63, 3.8) is 0 Å². The van der Waals surface area contributed by atoms with Gasteiger partial charge in [0, 0.05) is 34.8 Å². The van der Waals surface area contributed by atoms with Crippen LogP contribution in [0.15, 0.2) is 46.8 Å². The summed E-state index contributed by atoms with van der Waals surface area (Å²) >= 11 is 6.12. The molecule has 0 radical (unpaired) electrons. The Morgan fingerprint density at radius 2 is 2.08 bits per heavy atom. The molecule has 5 aliphatic rings. The molecule has 1 aromatic heterocycles. The van der Waals surface area contributed by atoms with Crippen LogP contribution in [-0.2, 0) is 21.0 Å². The highest BCUT2D eigenvalue weighted by Crippen LogP contribution is 2.72. The van der Waals surface area contributed by atoms with Crippen LogP contribution in [-0.4, -0.2) is 57.7 Å². The van der Waals surface area contributed by atoms with Crippen molar-refractivity contribution in [2.45, 2.75) is 63.2 Å². The van der Waals surface area contributed by atoms with Crippen LogP contribution in [0.5, 0.6) is 0 Å². The highest BCUT2D eigenvalue weighted by molar-refractivity contribution is 6.29. The largest absolute Gasteiger partial charge is 0.472 e. The molecule has 1 saturated heterocycles. The number of Topliss-reactive ketones (excluding diaryl/α,β-unsaturated/α-hetero) is 1. The second-order valence-electron chi connectivity index (χ2n) is 11.6. The topological polar surface area (TPSA) is 80.0 Å². The average molecular weight is 522 g/mol. The van der Waals surface area contributed by atoms with Gasteiger partial charge in [0.2, 0.25) is 0 Å². The van der Waals surface area contributed by atoms with Crippen LogP contribution in [0.25, 0.3) is 0 Å². The fraction of sp³-hybridized carbons (Fsp3) is 0.630. The number of hydrogen-bond acceptors (Lipinski definition) is 6. The molecular weight excluding hydrogens is 492 g/mol. The number of nitrogens with zero attached hydrogens (tertiary/aromatic N) is 1. The van der Waals surface area contributed by atoms with Crippen molar-refractivity contribution >= 4 is 23.2 Å². The predicted molar refractivity (Wildman–Crippen MR) is 126 cm³/mol. The van der Waals surface area contributed by atoms with Crippen LogP contribution >= 0.6 is 11.6 Å². The summed E-state index contributed by atoms with van der Waals surface area (Å²) in [5.41, 5.74) is -4.98. The molecule has 4 aliphatic carbocycles. The first-order valence-corrected chi connectivity index (χ1v) is 13.1. The van der Waals surface area contributed by atoms with E-state index in [4.69, 9.17) is 20.9 Å². The summed E-state index contributed by atoms with van der Waals surface area (Å²) in [5.74, 6) is -2.52. The quantitative estimate of drug-likeness (QED) is 0.600. The van der Waals surface area contributed by atoms with Gasteiger partial charge in [-0.3, -0.25) is 14.4 Å². The number of alkyl halides is 3. The maximum absolute atomic E-state index is 17.4. The van der Waals surface area contributed by atoms with Crippen LogP contribution in [0, 0.1) is 28.6 Å². The summed E-state index contributed by atoms with van der Waals surface area (Å²) in [7, 11) is 0. The van der Waals surface area contributed by atoms with E-state index in [1.54, 1.807) is 24.5 Å². The molecular formula is C27H30ClF2NO5. The minimum absolute atomic E-state index is 0.0368. The van der Waals surface area contributed by atoms with Gasteiger partial charge in [-0.05, 0) is 55.9 Å². The van der Waals surface area contributed by atoms with Crippen LogP contribution in [0.4, 0.5) is 8.78 Å². The number of carbonyl (C=O) groups is 2. The van der Waals surface area contributed by atoms with Gasteiger partial charge < -0.3 is 9.52 Å². The van der Waals surface area contributed by atoms with Crippen molar-refractivity contribution in [1.29, 1.82) is 0 Å². The van der Waals surface area contributed by atoms with Gasteiger partial charge in [0.15, 0.2) is 22.8 Å². The van der Waals surface area contributed by atoms with Gasteiger partial charge in [0.05, 0.1) is 31.1 Å². The molecule has 6 rings (SSSR count). The van der Waals surface area contributed by atoms with Crippen LogP contribution in [0.2, 0.25) is 0 Å². The minimum Gasteiger partial charge on any atom is -0.472 e. The number of hydroxylamine groups is 2. The number of furan rings is 1. The Morgan fingerprint density at radius 3 is 2.78 bits per heavy atom. The Morgan fingerprint density at radius 1 is 1.31 bits per heavy atom. The van der Waals surface area contributed by atoms with Crippen LogP contribution in [0.3, 0.4) is 0 Å². The molecule has 3 saturated carbocycles. The van der Waals surface area contributed by atoms with Gasteiger partial charge in [-0.15, -0.1) is 11.6 Å². The highest BCUT2D eigenvalue weighted by Gasteiger charge is 2.79. The summed E-state index contributed by atoms with van der Waals surface area (Å²) in [6.45, 7) is 4.28. The lowest BCUT2D eigenvalue weighted by molar-refractivity contribution is -0.268. The third-order valence-electron chi connectivity index (χ3n) is 10.2. The summed E-state index contributed by atoms with van der Waals surface area (Å²) in [5, 5.41) is 13.2. The van der Waals surface area contributed by atoms with E-state index in [0.717, 1.165) is 5.56 Å². The summed E-state index contributed by atoms with van der Waals surface area (Å²) in [6.07, 6.45) is 4.28. The Balaban J connectivity index is 1.42. The normalized spacial score (nSPS) is 47.7. The number of fused-ring (bicyclic) bond motifs is 7. The molecule has 2 heterocycles. The Bertz CT molecular complexity index is 1170. The fourth-order valence-corrected chi connectivity index (χ4v) is 8.80. The molecule has 0 aromatic carbocycles. The number of aliphatic hydroxyl groups excluding tert-OH is 1. The average Bonchev–Trinajstić information content (AvgIpc) is 3.53. The van der Waals surface area contributed by atoms with Gasteiger partial charge in [0.1, 0.15) is 6.17 Å². The maximum atomic E-state index is 17.4. The molecule has 9 heteroatoms. The van der Waals surface area contributed by atoms with Gasteiger partial charge >= 0.3 is 0 Å². The number of rotatable bonds is 4. The monoisotopic (exact) mass is 521 g/mol. The van der Waals surface area contributed by atoms with Gasteiger partial charge in [-0.1, -0.05) is 13.0 Å². The molecule has 9 atom stereocenters. The van der Waals surface area contributed by atoms with Crippen LogP contribution < -0.4 is 0 Å². The first-order valence-electron chi connectivity index (χ1n) is 12.5.